The van der Waals surface area contributed by atoms with E-state index in [2.05, 4.69) is 36.4 Å². The molecule has 4 aromatic heterocycles. The number of hydrogen-bond donors (Lipinski definition) is 2. The topological polar surface area (TPSA) is 138 Å². The minimum Gasteiger partial charge on any atom is -0.368 e. The summed E-state index contributed by atoms with van der Waals surface area (Å²) in [6, 6.07) is 12.5. The fourth-order valence-corrected chi connectivity index (χ4v) is 8.04. The molecule has 49 heavy (non-hydrogen) atoms. The van der Waals surface area contributed by atoms with Crippen LogP contribution in [0.2, 0.25) is 5.02 Å². The monoisotopic (exact) mass is 697 g/mol. The predicted octanol–water partition coefficient (Wildman–Crippen LogP) is 4.12. The Balaban J connectivity index is 1.26. The van der Waals surface area contributed by atoms with E-state index in [4.69, 9.17) is 16.6 Å². The molecular formula is C35H36ClN9O3S. The maximum absolute atomic E-state index is 14.3. The first kappa shape index (κ1) is 32.7. The summed E-state index contributed by atoms with van der Waals surface area (Å²) in [6.07, 6.45) is 8.10. The van der Waals surface area contributed by atoms with Crippen molar-refractivity contribution >= 4 is 61.3 Å². The second-order valence-corrected chi connectivity index (χ2v) is 14.9. The number of nitrogens with zero attached hydrogens (tertiary/aromatic N) is 7. The average molecular weight is 698 g/mol. The molecule has 1 amide bonds. The van der Waals surface area contributed by atoms with Gasteiger partial charge in [0.25, 0.3) is 5.56 Å². The van der Waals surface area contributed by atoms with E-state index >= 15 is 0 Å². The summed E-state index contributed by atoms with van der Waals surface area (Å²) in [6.45, 7) is 6.47. The predicted molar refractivity (Wildman–Crippen MR) is 193 cm³/mol. The Morgan fingerprint density at radius 3 is 2.47 bits per heavy atom. The smallest absolute Gasteiger partial charge is 0.262 e. The fourth-order valence-electron chi connectivity index (χ4n) is 6.32. The fraction of sp³-hybridized carbons (Fsp3) is 0.286. The van der Waals surface area contributed by atoms with E-state index in [1.165, 1.54) is 10.8 Å². The first-order chi connectivity index (χ1) is 23.7. The second-order valence-electron chi connectivity index (χ2n) is 12.2. The highest BCUT2D eigenvalue weighted by Crippen LogP contribution is 2.31. The lowest BCUT2D eigenvalue weighted by molar-refractivity contribution is -0.130. The van der Waals surface area contributed by atoms with Gasteiger partial charge >= 0.3 is 0 Å². The van der Waals surface area contributed by atoms with Gasteiger partial charge in [0.2, 0.25) is 11.9 Å². The quantitative estimate of drug-likeness (QED) is 0.228. The zero-order valence-corrected chi connectivity index (χ0v) is 28.6. The molecular weight excluding hydrogens is 662 g/mol. The van der Waals surface area contributed by atoms with Crippen LogP contribution in [-0.4, -0.2) is 84.7 Å². The van der Waals surface area contributed by atoms with Crippen molar-refractivity contribution in [3.8, 4) is 11.3 Å². The number of nitrogens with one attached hydrogen (secondary N) is 2. The van der Waals surface area contributed by atoms with Crippen molar-refractivity contribution in [1.82, 2.24) is 34.7 Å². The number of fused-ring (bicyclic) bond motifs is 1. The van der Waals surface area contributed by atoms with Crippen LogP contribution in [-0.2, 0) is 20.9 Å². The highest BCUT2D eigenvalue weighted by atomic mass is 35.5. The van der Waals surface area contributed by atoms with Crippen molar-refractivity contribution in [2.45, 2.75) is 36.1 Å². The number of anilines is 3. The van der Waals surface area contributed by atoms with Crippen LogP contribution in [0.1, 0.15) is 18.4 Å². The normalized spacial score (nSPS) is 16.1. The number of likely N-dealkylation sites (tertiary alicyclic amines) is 1. The first-order valence-corrected chi connectivity index (χ1v) is 18.2. The van der Waals surface area contributed by atoms with Gasteiger partial charge in [0.05, 0.1) is 26.9 Å². The molecule has 0 bridgehead atoms. The third-order valence-corrected chi connectivity index (χ3v) is 11.3. The third-order valence-electron chi connectivity index (χ3n) is 8.96. The zero-order chi connectivity index (χ0) is 34.1. The van der Waals surface area contributed by atoms with Crippen molar-refractivity contribution in [1.29, 1.82) is 0 Å². The van der Waals surface area contributed by atoms with Gasteiger partial charge in [-0.15, -0.1) is 0 Å². The lowest BCUT2D eigenvalue weighted by Crippen LogP contribution is -2.43. The molecule has 2 N–H and O–H groups in total. The number of piperazine rings is 1. The van der Waals surface area contributed by atoms with E-state index in [0.717, 1.165) is 44.7 Å². The number of rotatable bonds is 8. The molecule has 2 aliphatic heterocycles. The Hall–Kier alpha value is -4.85. The summed E-state index contributed by atoms with van der Waals surface area (Å²) in [5.41, 5.74) is 2.87. The van der Waals surface area contributed by atoms with Crippen LogP contribution >= 0.6 is 11.6 Å². The van der Waals surface area contributed by atoms with E-state index in [1.807, 2.05) is 18.2 Å². The Kier molecular flexibility index (Phi) is 9.05. The van der Waals surface area contributed by atoms with Crippen LogP contribution < -0.4 is 21.1 Å². The van der Waals surface area contributed by atoms with Gasteiger partial charge in [-0.25, -0.2) is 4.98 Å². The van der Waals surface area contributed by atoms with Crippen molar-refractivity contribution in [3.63, 3.8) is 0 Å². The number of hydrogen-bond acceptors (Lipinski definition) is 10. The highest BCUT2D eigenvalue weighted by Gasteiger charge is 2.23. The van der Waals surface area contributed by atoms with Crippen molar-refractivity contribution < 1.29 is 9.00 Å². The van der Waals surface area contributed by atoms with E-state index < -0.39 is 15.1 Å². The second kappa shape index (κ2) is 13.6. The maximum Gasteiger partial charge on any atom is 0.262 e. The van der Waals surface area contributed by atoms with E-state index in [0.29, 0.717) is 55.9 Å². The number of carbonyl (C=O) groups is 1. The molecule has 0 radical (unpaired) electrons. The average Bonchev–Trinajstić information content (AvgIpc) is 3.66. The van der Waals surface area contributed by atoms with Gasteiger partial charge in [0, 0.05) is 89.5 Å². The van der Waals surface area contributed by atoms with Gasteiger partial charge in [-0.2, -0.15) is 4.98 Å². The standard InChI is InChI=1S/C35H36ClN9O3S/c1-23-17-27(49(2,48)26-7-9-37-10-8-26)21-39-32(23)28-18-24-20-40-35(41-25-5-6-30(29(36)19-25)43-15-11-38-12-16-43)42-33(24)45(34(28)47)22-31(46)44-13-3-4-14-44/h5-10,17-21,38H,2-4,11-16,22H2,1H3,(H,40,41,42). The molecule has 252 valence electrons. The maximum atomic E-state index is 14.3. The number of benzene rings is 1. The molecule has 7 rings (SSSR count). The molecule has 12 nitrogen and oxygen atoms in total. The Morgan fingerprint density at radius 2 is 1.76 bits per heavy atom. The largest absolute Gasteiger partial charge is 0.368 e. The van der Waals surface area contributed by atoms with Gasteiger partial charge in [0.1, 0.15) is 12.2 Å². The molecule has 1 aromatic carbocycles. The van der Waals surface area contributed by atoms with Gasteiger partial charge in [-0.05, 0) is 73.7 Å². The lowest BCUT2D eigenvalue weighted by Gasteiger charge is -2.30. The number of amides is 1. The number of halogens is 1. The summed E-state index contributed by atoms with van der Waals surface area (Å²) in [5, 5.41) is 7.73. The minimum atomic E-state index is -2.86. The summed E-state index contributed by atoms with van der Waals surface area (Å²) in [4.78, 5) is 50.5. The highest BCUT2D eigenvalue weighted by molar-refractivity contribution is 8.00. The van der Waals surface area contributed by atoms with Crippen molar-refractivity contribution in [2.24, 2.45) is 0 Å². The molecule has 2 aliphatic rings. The summed E-state index contributed by atoms with van der Waals surface area (Å²) < 4.78 is 15.1. The van der Waals surface area contributed by atoms with E-state index in [-0.39, 0.29) is 24.0 Å². The Labute approximate surface area is 289 Å². The van der Waals surface area contributed by atoms with Gasteiger partial charge in [-0.3, -0.25) is 28.3 Å². The summed E-state index contributed by atoms with van der Waals surface area (Å²) in [5.74, 6) is 4.08. The number of pyridine rings is 3. The molecule has 14 heteroatoms. The molecule has 1 unspecified atom stereocenters. The van der Waals surface area contributed by atoms with Gasteiger partial charge < -0.3 is 20.4 Å². The lowest BCUT2D eigenvalue weighted by atomic mass is 10.1. The van der Waals surface area contributed by atoms with Crippen LogP contribution in [0.15, 0.2) is 81.8 Å². The van der Waals surface area contributed by atoms with Crippen molar-refractivity contribution in [3.05, 3.63) is 88.2 Å². The molecule has 1 atom stereocenters. The van der Waals surface area contributed by atoms with Crippen LogP contribution in [0.5, 0.6) is 0 Å². The third kappa shape index (κ3) is 6.61. The summed E-state index contributed by atoms with van der Waals surface area (Å²) in [7, 11) is -2.86. The van der Waals surface area contributed by atoms with Crippen LogP contribution in [0.25, 0.3) is 22.3 Å². The minimum absolute atomic E-state index is 0.157. The SMILES string of the molecule is C=S(=O)(c1ccncc1)c1cnc(-c2cc3cnc(Nc4ccc(N5CCNCC5)c(Cl)c4)nc3n(CC(=O)N3CCCC3)c2=O)c(C)c1. The molecule has 0 aliphatic carbocycles. The molecule has 2 fully saturated rings. The van der Waals surface area contributed by atoms with E-state index in [9.17, 15) is 13.8 Å². The molecule has 6 heterocycles. The Morgan fingerprint density at radius 1 is 1.00 bits per heavy atom. The first-order valence-electron chi connectivity index (χ1n) is 16.1. The summed E-state index contributed by atoms with van der Waals surface area (Å²) >= 11 is 6.69. The Bertz CT molecular complexity index is 2220. The van der Waals surface area contributed by atoms with Gasteiger partial charge in [-0.1, -0.05) is 11.6 Å². The van der Waals surface area contributed by atoms with Crippen molar-refractivity contribution in [2.75, 3.05) is 49.5 Å². The molecule has 2 saturated heterocycles. The molecule has 0 saturated carbocycles. The van der Waals surface area contributed by atoms with E-state index in [1.54, 1.807) is 54.7 Å². The van der Waals surface area contributed by atoms with Crippen LogP contribution in [0.3, 0.4) is 0 Å². The zero-order valence-electron chi connectivity index (χ0n) is 27.1. The molecule has 0 spiro atoms. The molecule has 5 aromatic rings. The van der Waals surface area contributed by atoms with Crippen LogP contribution in [0.4, 0.5) is 17.3 Å². The number of carbonyl (C=O) groups excluding carboxylic acids is 1. The number of aromatic nitrogens is 5. The van der Waals surface area contributed by atoms with Gasteiger partial charge in [0.15, 0.2) is 0 Å². The number of aryl methyl sites for hydroxylation is 1. The van der Waals surface area contributed by atoms with Crippen LogP contribution in [0, 0.1) is 6.92 Å².